The van der Waals surface area contributed by atoms with Crippen LogP contribution in [0.15, 0.2) is 22.8 Å². The molecule has 6 heteroatoms. The lowest BCUT2D eigenvalue weighted by molar-refractivity contribution is 0.250. The fourth-order valence-electron chi connectivity index (χ4n) is 1.35. The summed E-state index contributed by atoms with van der Waals surface area (Å²) in [7, 11) is 0. The summed E-state index contributed by atoms with van der Waals surface area (Å²) in [5, 5.41) is 17.0. The number of aliphatic hydroxyl groups excluding tert-OH is 1. The molecule has 0 spiro atoms. The van der Waals surface area contributed by atoms with Crippen molar-refractivity contribution in [2.75, 3.05) is 0 Å². The predicted molar refractivity (Wildman–Crippen MR) is 60.7 cm³/mol. The van der Waals surface area contributed by atoms with Gasteiger partial charge in [-0.05, 0) is 19.1 Å². The summed E-state index contributed by atoms with van der Waals surface area (Å²) in [5.41, 5.74) is 1.86. The van der Waals surface area contributed by atoms with Gasteiger partial charge in [0.15, 0.2) is 0 Å². The minimum absolute atomic E-state index is 0.176. The Hall–Kier alpha value is -1.59. The Labute approximate surface area is 103 Å². The van der Waals surface area contributed by atoms with Crippen LogP contribution in [0.3, 0.4) is 0 Å². The molecule has 0 saturated carbocycles. The molecular formula is C11H11ClN2O3. The van der Waals surface area contributed by atoms with Crippen LogP contribution in [0.5, 0.6) is 5.75 Å². The third-order valence-electron chi connectivity index (χ3n) is 2.34. The molecule has 0 unspecified atom stereocenters. The highest BCUT2D eigenvalue weighted by Crippen LogP contribution is 2.26. The highest BCUT2D eigenvalue weighted by Gasteiger charge is 2.10. The molecule has 0 amide bonds. The molecule has 17 heavy (non-hydrogen) atoms. The van der Waals surface area contributed by atoms with Gasteiger partial charge < -0.3 is 9.84 Å². The number of nitrogens with zero attached hydrogens (tertiary/aromatic N) is 2. The second-order valence-corrected chi connectivity index (χ2v) is 3.87. The molecular weight excluding hydrogens is 244 g/mol. The van der Waals surface area contributed by atoms with Crippen LogP contribution in [0.1, 0.15) is 17.0 Å². The van der Waals surface area contributed by atoms with Crippen LogP contribution in [0.4, 0.5) is 0 Å². The van der Waals surface area contributed by atoms with Crippen molar-refractivity contribution in [3.8, 4) is 5.75 Å². The van der Waals surface area contributed by atoms with Gasteiger partial charge in [0.2, 0.25) is 0 Å². The summed E-state index contributed by atoms with van der Waals surface area (Å²) >= 11 is 5.93. The first kappa shape index (κ1) is 11.9. The first-order valence-electron chi connectivity index (χ1n) is 5.01. The van der Waals surface area contributed by atoms with E-state index < -0.39 is 0 Å². The first-order valence-corrected chi connectivity index (χ1v) is 5.39. The van der Waals surface area contributed by atoms with E-state index in [2.05, 4.69) is 14.9 Å². The molecule has 0 aliphatic heterocycles. The molecule has 2 rings (SSSR count). The molecule has 1 N–H and O–H groups in total. The number of benzene rings is 1. The van der Waals surface area contributed by atoms with Crippen LogP contribution in [-0.4, -0.2) is 15.4 Å². The number of ether oxygens (including phenoxy) is 1. The van der Waals surface area contributed by atoms with E-state index in [9.17, 15) is 5.11 Å². The molecule has 1 aromatic carbocycles. The maximum atomic E-state index is 9.20. The van der Waals surface area contributed by atoms with Crippen molar-refractivity contribution in [1.82, 2.24) is 10.3 Å². The number of rotatable bonds is 4. The van der Waals surface area contributed by atoms with Gasteiger partial charge in [-0.3, -0.25) is 0 Å². The van der Waals surface area contributed by atoms with Crippen LogP contribution in [-0.2, 0) is 13.2 Å². The highest BCUT2D eigenvalue weighted by molar-refractivity contribution is 6.31. The lowest BCUT2D eigenvalue weighted by atomic mass is 10.2. The standard InChI is InChI=1S/C11H11ClN2O3/c1-7-10(14-17-13-7)6-16-11-4-2-3-9(12)8(11)5-15/h2-4,15H,5-6H2,1H3. The lowest BCUT2D eigenvalue weighted by Gasteiger charge is -2.09. The van der Waals surface area contributed by atoms with Gasteiger partial charge in [-0.2, -0.15) is 0 Å². The Kier molecular flexibility index (Phi) is 3.61. The first-order chi connectivity index (χ1) is 8.22. The summed E-state index contributed by atoms with van der Waals surface area (Å²) in [6.45, 7) is 1.83. The van der Waals surface area contributed by atoms with Gasteiger partial charge >= 0.3 is 0 Å². The topological polar surface area (TPSA) is 68.4 Å². The van der Waals surface area contributed by atoms with Crippen LogP contribution in [0.2, 0.25) is 5.02 Å². The van der Waals surface area contributed by atoms with E-state index in [4.69, 9.17) is 16.3 Å². The van der Waals surface area contributed by atoms with E-state index >= 15 is 0 Å². The number of hydrogen-bond acceptors (Lipinski definition) is 5. The SMILES string of the molecule is Cc1nonc1COc1cccc(Cl)c1CO. The summed E-state index contributed by atoms with van der Waals surface area (Å²) in [6.07, 6.45) is 0. The van der Waals surface area contributed by atoms with E-state index in [0.29, 0.717) is 27.7 Å². The monoisotopic (exact) mass is 254 g/mol. The Balaban J connectivity index is 2.14. The Morgan fingerprint density at radius 3 is 2.88 bits per heavy atom. The van der Waals surface area contributed by atoms with Gasteiger partial charge in [-0.25, -0.2) is 4.63 Å². The van der Waals surface area contributed by atoms with E-state index in [1.807, 2.05) is 0 Å². The average molecular weight is 255 g/mol. The Bertz CT molecular complexity index is 513. The van der Waals surface area contributed by atoms with Gasteiger partial charge in [0.05, 0.1) is 6.61 Å². The quantitative estimate of drug-likeness (QED) is 0.905. The fraction of sp³-hybridized carbons (Fsp3) is 0.273. The molecule has 90 valence electrons. The molecule has 0 bridgehead atoms. The lowest BCUT2D eigenvalue weighted by Crippen LogP contribution is -2.00. The number of aliphatic hydroxyl groups is 1. The number of aromatic nitrogens is 2. The van der Waals surface area contributed by atoms with Gasteiger partial charge in [0, 0.05) is 10.6 Å². The van der Waals surface area contributed by atoms with E-state index in [1.165, 1.54) is 0 Å². The van der Waals surface area contributed by atoms with Crippen molar-refractivity contribution in [3.05, 3.63) is 40.2 Å². The van der Waals surface area contributed by atoms with Crippen LogP contribution in [0.25, 0.3) is 0 Å². The van der Waals surface area contributed by atoms with E-state index in [1.54, 1.807) is 25.1 Å². The summed E-state index contributed by atoms with van der Waals surface area (Å²) in [5.74, 6) is 0.530. The highest BCUT2D eigenvalue weighted by atomic mass is 35.5. The molecule has 1 heterocycles. The average Bonchev–Trinajstić information content (AvgIpc) is 2.72. The predicted octanol–water partition coefficient (Wildman–Crippen LogP) is 2.10. The normalized spacial score (nSPS) is 10.5. The van der Waals surface area contributed by atoms with E-state index in [-0.39, 0.29) is 13.2 Å². The second kappa shape index (κ2) is 5.16. The smallest absolute Gasteiger partial charge is 0.145 e. The zero-order valence-electron chi connectivity index (χ0n) is 9.18. The summed E-state index contributed by atoms with van der Waals surface area (Å²) < 4.78 is 10.1. The summed E-state index contributed by atoms with van der Waals surface area (Å²) in [6, 6.07) is 5.19. The Morgan fingerprint density at radius 1 is 1.41 bits per heavy atom. The molecule has 2 aromatic rings. The maximum Gasteiger partial charge on any atom is 0.145 e. The third kappa shape index (κ3) is 2.57. The minimum Gasteiger partial charge on any atom is -0.487 e. The molecule has 0 atom stereocenters. The van der Waals surface area contributed by atoms with Crippen molar-refractivity contribution in [1.29, 1.82) is 0 Å². The van der Waals surface area contributed by atoms with Crippen molar-refractivity contribution in [3.63, 3.8) is 0 Å². The zero-order valence-corrected chi connectivity index (χ0v) is 9.94. The fourth-order valence-corrected chi connectivity index (χ4v) is 1.58. The molecule has 0 aliphatic rings. The number of hydrogen-bond donors (Lipinski definition) is 1. The van der Waals surface area contributed by atoms with Crippen LogP contribution < -0.4 is 4.74 Å². The Morgan fingerprint density at radius 2 is 2.24 bits per heavy atom. The van der Waals surface area contributed by atoms with Gasteiger partial charge in [-0.15, -0.1) is 0 Å². The van der Waals surface area contributed by atoms with Gasteiger partial charge in [0.1, 0.15) is 23.7 Å². The van der Waals surface area contributed by atoms with Crippen LogP contribution in [0, 0.1) is 6.92 Å². The molecule has 1 aromatic heterocycles. The molecule has 0 radical (unpaired) electrons. The van der Waals surface area contributed by atoms with Crippen molar-refractivity contribution in [2.45, 2.75) is 20.1 Å². The van der Waals surface area contributed by atoms with Gasteiger partial charge in [-0.1, -0.05) is 28.0 Å². The molecule has 0 saturated heterocycles. The summed E-state index contributed by atoms with van der Waals surface area (Å²) in [4.78, 5) is 0. The van der Waals surface area contributed by atoms with Crippen molar-refractivity contribution < 1.29 is 14.5 Å². The zero-order chi connectivity index (χ0) is 12.3. The molecule has 0 aliphatic carbocycles. The second-order valence-electron chi connectivity index (χ2n) is 3.46. The molecule has 5 nitrogen and oxygen atoms in total. The third-order valence-corrected chi connectivity index (χ3v) is 2.70. The maximum absolute atomic E-state index is 9.20. The largest absolute Gasteiger partial charge is 0.487 e. The number of halogens is 1. The minimum atomic E-state index is -0.176. The van der Waals surface area contributed by atoms with Crippen molar-refractivity contribution >= 4 is 11.6 Å². The van der Waals surface area contributed by atoms with Crippen LogP contribution >= 0.6 is 11.6 Å². The van der Waals surface area contributed by atoms with Gasteiger partial charge in [0.25, 0.3) is 0 Å². The number of aryl methyl sites for hydroxylation is 1. The van der Waals surface area contributed by atoms with Crippen molar-refractivity contribution in [2.24, 2.45) is 0 Å². The molecule has 0 fully saturated rings. The van der Waals surface area contributed by atoms with E-state index in [0.717, 1.165) is 0 Å².